The molecule has 1 aromatic carbocycles. The summed E-state index contributed by atoms with van der Waals surface area (Å²) in [5.74, 6) is 1.86. The van der Waals surface area contributed by atoms with Gasteiger partial charge in [0, 0.05) is 42.1 Å². The zero-order valence-electron chi connectivity index (χ0n) is 20.8. The van der Waals surface area contributed by atoms with E-state index in [4.69, 9.17) is 4.98 Å². The SMILES string of the molecule is O=c1ncc(-c2nc3ccccc3n(C3C[C@H]4CCC[C@@H](C3)N4C3C[C@H]4CCC[C@@H](C3)C4)c2=O)c[nH]1. The lowest BCUT2D eigenvalue weighted by Crippen LogP contribution is -2.58. The molecule has 0 spiro atoms. The number of nitrogens with one attached hydrogen (secondary N) is 1. The van der Waals surface area contributed by atoms with Crippen LogP contribution in [-0.4, -0.2) is 42.5 Å². The van der Waals surface area contributed by atoms with Crippen LogP contribution in [-0.2, 0) is 0 Å². The first-order valence-electron chi connectivity index (χ1n) is 14.0. The molecule has 3 aromatic rings. The number of para-hydroxylation sites is 2. The van der Waals surface area contributed by atoms with Gasteiger partial charge in [-0.25, -0.2) is 14.8 Å². The van der Waals surface area contributed by atoms with E-state index in [2.05, 4.69) is 14.9 Å². The van der Waals surface area contributed by atoms with Gasteiger partial charge < -0.3 is 9.55 Å². The maximum atomic E-state index is 14.0. The van der Waals surface area contributed by atoms with Crippen molar-refractivity contribution in [3.8, 4) is 11.3 Å². The van der Waals surface area contributed by atoms with E-state index in [1.807, 2.05) is 28.8 Å². The summed E-state index contributed by atoms with van der Waals surface area (Å²) in [6.07, 6.45) is 17.4. The summed E-state index contributed by atoms with van der Waals surface area (Å²) in [5, 5.41) is 0. The Morgan fingerprint density at radius 3 is 2.25 bits per heavy atom. The van der Waals surface area contributed by atoms with Gasteiger partial charge in [-0.2, -0.15) is 0 Å². The number of piperidine rings is 2. The molecule has 7 nitrogen and oxygen atoms in total. The fraction of sp³-hybridized carbons (Fsp3) is 0.586. The van der Waals surface area contributed by atoms with Gasteiger partial charge in [0.25, 0.3) is 5.56 Å². The predicted molar refractivity (Wildman–Crippen MR) is 140 cm³/mol. The van der Waals surface area contributed by atoms with Gasteiger partial charge in [0.1, 0.15) is 5.69 Å². The minimum Gasteiger partial charge on any atom is -0.312 e. The van der Waals surface area contributed by atoms with Gasteiger partial charge in [-0.15, -0.1) is 0 Å². The van der Waals surface area contributed by atoms with Crippen LogP contribution >= 0.6 is 0 Å². The third-order valence-corrected chi connectivity index (χ3v) is 9.64. The van der Waals surface area contributed by atoms with E-state index < -0.39 is 5.69 Å². The Labute approximate surface area is 211 Å². The standard InChI is InChI=1S/C29H35N5O2/c35-28-27(20-16-30-29(36)31-17-20)32-25-9-1-2-10-26(25)34(28)24-14-21-7-4-8-22(15-24)33(21)23-12-18-5-3-6-19(11-18)13-23/h1-2,9-10,16-19,21-24H,3-8,11-15H2,(H,30,31,36)/t18-,19+,21-,22+,23?,24?. The van der Waals surface area contributed by atoms with Gasteiger partial charge in [-0.3, -0.25) is 9.69 Å². The van der Waals surface area contributed by atoms with Crippen LogP contribution in [0.25, 0.3) is 22.3 Å². The fourth-order valence-electron chi connectivity index (χ4n) is 8.31. The molecule has 1 N–H and O–H groups in total. The molecule has 2 aliphatic carbocycles. The minimum absolute atomic E-state index is 0.0775. The Morgan fingerprint density at radius 1 is 0.806 bits per heavy atom. The van der Waals surface area contributed by atoms with Gasteiger partial charge in [0.15, 0.2) is 0 Å². The van der Waals surface area contributed by atoms with Crippen LogP contribution in [0, 0.1) is 11.8 Å². The van der Waals surface area contributed by atoms with Crippen molar-refractivity contribution >= 4 is 11.0 Å². The highest BCUT2D eigenvalue weighted by Crippen LogP contribution is 2.47. The third-order valence-electron chi connectivity index (χ3n) is 9.64. The van der Waals surface area contributed by atoms with Crippen molar-refractivity contribution in [2.45, 2.75) is 94.8 Å². The highest BCUT2D eigenvalue weighted by molar-refractivity contribution is 5.77. The molecule has 4 bridgehead atoms. The summed E-state index contributed by atoms with van der Waals surface area (Å²) in [6.45, 7) is 0. The van der Waals surface area contributed by atoms with Crippen LogP contribution in [0.1, 0.15) is 76.7 Å². The lowest BCUT2D eigenvalue weighted by Gasteiger charge is -2.55. The number of aromatic amines is 1. The van der Waals surface area contributed by atoms with E-state index in [0.717, 1.165) is 41.8 Å². The number of hydrogen-bond acceptors (Lipinski definition) is 5. The van der Waals surface area contributed by atoms with Crippen molar-refractivity contribution in [3.05, 3.63) is 57.5 Å². The summed E-state index contributed by atoms with van der Waals surface area (Å²) in [6, 6.07) is 9.99. The van der Waals surface area contributed by atoms with E-state index in [1.54, 1.807) is 6.20 Å². The summed E-state index contributed by atoms with van der Waals surface area (Å²) in [4.78, 5) is 39.6. The topological polar surface area (TPSA) is 83.9 Å². The average Bonchev–Trinajstić information content (AvgIpc) is 2.88. The van der Waals surface area contributed by atoms with Crippen molar-refractivity contribution in [2.75, 3.05) is 0 Å². The third kappa shape index (κ3) is 3.83. The zero-order valence-corrected chi connectivity index (χ0v) is 20.8. The number of nitrogens with zero attached hydrogens (tertiary/aromatic N) is 4. The molecular weight excluding hydrogens is 450 g/mol. The molecule has 0 radical (unpaired) electrons. The molecule has 2 saturated heterocycles. The van der Waals surface area contributed by atoms with Gasteiger partial charge >= 0.3 is 5.69 Å². The monoisotopic (exact) mass is 485 g/mol. The van der Waals surface area contributed by atoms with Crippen molar-refractivity contribution in [3.63, 3.8) is 0 Å². The van der Waals surface area contributed by atoms with E-state index in [0.29, 0.717) is 23.3 Å². The first-order valence-corrected chi connectivity index (χ1v) is 14.0. The maximum Gasteiger partial charge on any atom is 0.344 e. The Kier molecular flexibility index (Phi) is 5.57. The number of hydrogen-bond donors (Lipinski definition) is 1. The van der Waals surface area contributed by atoms with E-state index in [9.17, 15) is 9.59 Å². The molecule has 2 aromatic heterocycles. The summed E-state index contributed by atoms with van der Waals surface area (Å²) < 4.78 is 2.03. The van der Waals surface area contributed by atoms with Crippen LogP contribution in [0.5, 0.6) is 0 Å². The zero-order chi connectivity index (χ0) is 24.2. The van der Waals surface area contributed by atoms with Crippen LogP contribution in [0.15, 0.2) is 46.2 Å². The molecule has 4 aliphatic rings. The number of rotatable bonds is 3. The lowest BCUT2D eigenvalue weighted by atomic mass is 9.68. The van der Waals surface area contributed by atoms with Crippen LogP contribution in [0.2, 0.25) is 0 Å². The molecule has 7 rings (SSSR count). The van der Waals surface area contributed by atoms with E-state index in [-0.39, 0.29) is 11.6 Å². The largest absolute Gasteiger partial charge is 0.344 e. The second-order valence-corrected chi connectivity index (χ2v) is 11.8. The average molecular weight is 486 g/mol. The number of benzene rings is 1. The van der Waals surface area contributed by atoms with E-state index in [1.165, 1.54) is 64.0 Å². The maximum absolute atomic E-state index is 14.0. The van der Waals surface area contributed by atoms with Crippen LogP contribution in [0.3, 0.4) is 0 Å². The molecule has 2 saturated carbocycles. The van der Waals surface area contributed by atoms with Crippen molar-refractivity contribution in [1.82, 2.24) is 24.4 Å². The molecule has 4 heterocycles. The Morgan fingerprint density at radius 2 is 1.53 bits per heavy atom. The molecule has 7 heteroatoms. The quantitative estimate of drug-likeness (QED) is 0.583. The Balaban J connectivity index is 1.26. The first kappa shape index (κ1) is 22.4. The fourth-order valence-corrected chi connectivity index (χ4v) is 8.31. The Bertz CT molecular complexity index is 1350. The van der Waals surface area contributed by atoms with Gasteiger partial charge in [0.2, 0.25) is 0 Å². The second-order valence-electron chi connectivity index (χ2n) is 11.8. The molecular formula is C29H35N5O2. The second kappa shape index (κ2) is 8.94. The molecule has 188 valence electrons. The van der Waals surface area contributed by atoms with Crippen molar-refractivity contribution in [1.29, 1.82) is 0 Å². The summed E-state index contributed by atoms with van der Waals surface area (Å²) >= 11 is 0. The van der Waals surface area contributed by atoms with Crippen LogP contribution < -0.4 is 11.2 Å². The first-order chi connectivity index (χ1) is 17.6. The Hall–Kier alpha value is -2.80. The highest BCUT2D eigenvalue weighted by Gasteiger charge is 2.45. The van der Waals surface area contributed by atoms with Gasteiger partial charge in [0.05, 0.1) is 11.0 Å². The van der Waals surface area contributed by atoms with Crippen LogP contribution in [0.4, 0.5) is 0 Å². The molecule has 4 fully saturated rings. The predicted octanol–water partition coefficient (Wildman–Crippen LogP) is 4.67. The highest BCUT2D eigenvalue weighted by atomic mass is 16.1. The molecule has 36 heavy (non-hydrogen) atoms. The summed E-state index contributed by atoms with van der Waals surface area (Å²) in [5.41, 5.74) is 2.15. The summed E-state index contributed by atoms with van der Waals surface area (Å²) in [7, 11) is 0. The smallest absolute Gasteiger partial charge is 0.312 e. The molecule has 2 unspecified atom stereocenters. The molecule has 2 aliphatic heterocycles. The number of H-pyrrole nitrogens is 1. The van der Waals surface area contributed by atoms with Crippen molar-refractivity contribution in [2.24, 2.45) is 11.8 Å². The van der Waals surface area contributed by atoms with Gasteiger partial charge in [-0.1, -0.05) is 37.8 Å². The number of fused-ring (bicyclic) bond motifs is 5. The van der Waals surface area contributed by atoms with Gasteiger partial charge in [-0.05, 0) is 68.9 Å². The van der Waals surface area contributed by atoms with Crippen molar-refractivity contribution < 1.29 is 0 Å². The minimum atomic E-state index is -0.424. The molecule has 6 atom stereocenters. The van der Waals surface area contributed by atoms with E-state index >= 15 is 0 Å². The normalized spacial score (nSPS) is 32.4. The molecule has 0 amide bonds. The lowest BCUT2D eigenvalue weighted by molar-refractivity contribution is -0.0485. The number of aromatic nitrogens is 4.